The summed E-state index contributed by atoms with van der Waals surface area (Å²) in [6.07, 6.45) is 1.64. The van der Waals surface area contributed by atoms with Gasteiger partial charge in [0, 0.05) is 20.3 Å². The van der Waals surface area contributed by atoms with E-state index in [9.17, 15) is 9.18 Å². The fraction of sp³-hybridized carbons (Fsp3) is 0.267. The Bertz CT molecular complexity index is 631. The van der Waals surface area contributed by atoms with Crippen LogP contribution in [0.1, 0.15) is 11.4 Å². The van der Waals surface area contributed by atoms with Crippen molar-refractivity contribution >= 4 is 11.7 Å². The summed E-state index contributed by atoms with van der Waals surface area (Å²) in [6, 6.07) is 8.02. The molecule has 0 bridgehead atoms. The fourth-order valence-electron chi connectivity index (χ4n) is 1.78. The van der Waals surface area contributed by atoms with Crippen LogP contribution in [0.5, 0.6) is 0 Å². The lowest BCUT2D eigenvalue weighted by atomic mass is 10.1. The molecule has 1 aromatic heterocycles. The Morgan fingerprint density at radius 3 is 2.76 bits per heavy atom. The van der Waals surface area contributed by atoms with Gasteiger partial charge in [-0.25, -0.2) is 14.4 Å². The normalized spacial score (nSPS) is 10.2. The molecule has 1 N–H and O–H groups in total. The number of halogens is 1. The second kappa shape index (κ2) is 6.78. The Labute approximate surface area is 122 Å². The predicted octanol–water partition coefficient (Wildman–Crippen LogP) is 1.54. The van der Waals surface area contributed by atoms with Gasteiger partial charge in [-0.3, -0.25) is 4.79 Å². The standard InChI is InChI=1S/C15H17FN4O/c1-20(2)14-7-8-17-13(19-14)10-18-15(21)9-11-5-3-4-6-12(11)16/h3-8H,9-10H2,1-2H3,(H,18,21). The number of amides is 1. The lowest BCUT2D eigenvalue weighted by molar-refractivity contribution is -0.120. The lowest BCUT2D eigenvalue weighted by Crippen LogP contribution is -2.26. The zero-order chi connectivity index (χ0) is 15.2. The van der Waals surface area contributed by atoms with Gasteiger partial charge >= 0.3 is 0 Å². The molecule has 1 amide bonds. The fourth-order valence-corrected chi connectivity index (χ4v) is 1.78. The zero-order valence-corrected chi connectivity index (χ0v) is 12.0. The van der Waals surface area contributed by atoms with Gasteiger partial charge in [-0.2, -0.15) is 0 Å². The summed E-state index contributed by atoms with van der Waals surface area (Å²) in [5.41, 5.74) is 0.373. The van der Waals surface area contributed by atoms with E-state index in [2.05, 4.69) is 15.3 Å². The van der Waals surface area contributed by atoms with Gasteiger partial charge in [0.2, 0.25) is 5.91 Å². The van der Waals surface area contributed by atoms with Crippen LogP contribution in [0.25, 0.3) is 0 Å². The molecule has 0 unspecified atom stereocenters. The van der Waals surface area contributed by atoms with E-state index >= 15 is 0 Å². The van der Waals surface area contributed by atoms with E-state index in [1.54, 1.807) is 30.5 Å². The number of aromatic nitrogens is 2. The second-order valence-electron chi connectivity index (χ2n) is 4.77. The third-order valence-corrected chi connectivity index (χ3v) is 2.90. The maximum Gasteiger partial charge on any atom is 0.224 e. The van der Waals surface area contributed by atoms with Crippen LogP contribution in [0.3, 0.4) is 0 Å². The number of carbonyl (C=O) groups is 1. The number of rotatable bonds is 5. The minimum Gasteiger partial charge on any atom is -0.363 e. The van der Waals surface area contributed by atoms with Crippen molar-refractivity contribution in [3.8, 4) is 0 Å². The highest BCUT2D eigenvalue weighted by Gasteiger charge is 2.08. The van der Waals surface area contributed by atoms with Crippen molar-refractivity contribution in [2.75, 3.05) is 19.0 Å². The van der Waals surface area contributed by atoms with Crippen molar-refractivity contribution in [1.82, 2.24) is 15.3 Å². The number of anilines is 1. The molecule has 0 saturated heterocycles. The molecule has 1 aromatic carbocycles. The van der Waals surface area contributed by atoms with Gasteiger partial charge < -0.3 is 10.2 Å². The van der Waals surface area contributed by atoms with E-state index in [0.29, 0.717) is 11.4 Å². The van der Waals surface area contributed by atoms with Crippen molar-refractivity contribution in [2.24, 2.45) is 0 Å². The van der Waals surface area contributed by atoms with E-state index in [0.717, 1.165) is 5.82 Å². The molecule has 0 atom stereocenters. The molecule has 2 aromatic rings. The third-order valence-electron chi connectivity index (χ3n) is 2.90. The van der Waals surface area contributed by atoms with E-state index < -0.39 is 0 Å². The molecule has 0 aliphatic rings. The molecule has 0 aliphatic heterocycles. The highest BCUT2D eigenvalue weighted by Crippen LogP contribution is 2.07. The van der Waals surface area contributed by atoms with Gasteiger partial charge in [0.05, 0.1) is 13.0 Å². The number of nitrogens with zero attached hydrogens (tertiary/aromatic N) is 3. The predicted molar refractivity (Wildman–Crippen MR) is 78.3 cm³/mol. The first-order chi connectivity index (χ1) is 10.1. The highest BCUT2D eigenvalue weighted by molar-refractivity contribution is 5.78. The largest absolute Gasteiger partial charge is 0.363 e. The van der Waals surface area contributed by atoms with E-state index in [1.807, 2.05) is 19.0 Å². The van der Waals surface area contributed by atoms with Crippen LogP contribution in [0.4, 0.5) is 10.2 Å². The average Bonchev–Trinajstić information content (AvgIpc) is 2.48. The van der Waals surface area contributed by atoms with Crippen molar-refractivity contribution in [2.45, 2.75) is 13.0 Å². The summed E-state index contributed by atoms with van der Waals surface area (Å²) >= 11 is 0. The molecule has 2 rings (SSSR count). The molecule has 0 radical (unpaired) electrons. The first-order valence-electron chi connectivity index (χ1n) is 6.55. The Hall–Kier alpha value is -2.50. The van der Waals surface area contributed by atoms with Crippen molar-refractivity contribution < 1.29 is 9.18 Å². The third kappa shape index (κ3) is 4.24. The van der Waals surface area contributed by atoms with Crippen LogP contribution < -0.4 is 10.2 Å². The first-order valence-corrected chi connectivity index (χ1v) is 6.55. The van der Waals surface area contributed by atoms with Gasteiger partial charge in [-0.15, -0.1) is 0 Å². The van der Waals surface area contributed by atoms with Crippen molar-refractivity contribution in [3.63, 3.8) is 0 Å². The average molecular weight is 288 g/mol. The van der Waals surface area contributed by atoms with Crippen LogP contribution >= 0.6 is 0 Å². The lowest BCUT2D eigenvalue weighted by Gasteiger charge is -2.12. The van der Waals surface area contributed by atoms with Crippen LogP contribution in [0.15, 0.2) is 36.5 Å². The maximum atomic E-state index is 13.4. The quantitative estimate of drug-likeness (QED) is 0.906. The Kier molecular flexibility index (Phi) is 4.81. The molecule has 6 heteroatoms. The highest BCUT2D eigenvalue weighted by atomic mass is 19.1. The van der Waals surface area contributed by atoms with Crippen LogP contribution in [0, 0.1) is 5.82 Å². The number of benzene rings is 1. The SMILES string of the molecule is CN(C)c1ccnc(CNC(=O)Cc2ccccc2F)n1. The van der Waals surface area contributed by atoms with E-state index in [1.165, 1.54) is 6.07 Å². The van der Waals surface area contributed by atoms with Gasteiger partial charge in [-0.05, 0) is 17.7 Å². The molecule has 0 fully saturated rings. The molecular weight excluding hydrogens is 271 g/mol. The molecule has 0 saturated carbocycles. The topological polar surface area (TPSA) is 58.1 Å². The summed E-state index contributed by atoms with van der Waals surface area (Å²) < 4.78 is 13.4. The molecule has 21 heavy (non-hydrogen) atoms. The maximum absolute atomic E-state index is 13.4. The monoisotopic (exact) mass is 288 g/mol. The number of hydrogen-bond acceptors (Lipinski definition) is 4. The van der Waals surface area contributed by atoms with Crippen LogP contribution in [-0.2, 0) is 17.8 Å². The molecule has 5 nitrogen and oxygen atoms in total. The van der Waals surface area contributed by atoms with Crippen LogP contribution in [-0.4, -0.2) is 30.0 Å². The van der Waals surface area contributed by atoms with E-state index in [-0.39, 0.29) is 24.7 Å². The summed E-state index contributed by atoms with van der Waals surface area (Å²) in [5, 5.41) is 2.69. The number of hydrogen-bond donors (Lipinski definition) is 1. The molecule has 0 aliphatic carbocycles. The Morgan fingerprint density at radius 1 is 1.29 bits per heavy atom. The van der Waals surface area contributed by atoms with Gasteiger partial charge in [0.1, 0.15) is 17.5 Å². The van der Waals surface area contributed by atoms with Gasteiger partial charge in [0.25, 0.3) is 0 Å². The number of carbonyl (C=O) groups excluding carboxylic acids is 1. The van der Waals surface area contributed by atoms with Crippen LogP contribution in [0.2, 0.25) is 0 Å². The molecule has 0 spiro atoms. The summed E-state index contributed by atoms with van der Waals surface area (Å²) in [7, 11) is 3.76. The molecule has 110 valence electrons. The Morgan fingerprint density at radius 2 is 2.05 bits per heavy atom. The van der Waals surface area contributed by atoms with Gasteiger partial charge in [-0.1, -0.05) is 18.2 Å². The number of nitrogens with one attached hydrogen (secondary N) is 1. The van der Waals surface area contributed by atoms with Crippen molar-refractivity contribution in [1.29, 1.82) is 0 Å². The Balaban J connectivity index is 1.92. The molecule has 1 heterocycles. The second-order valence-corrected chi connectivity index (χ2v) is 4.77. The minimum atomic E-state index is -0.376. The first kappa shape index (κ1) is 14.9. The summed E-state index contributed by atoms with van der Waals surface area (Å²) in [4.78, 5) is 22.1. The van der Waals surface area contributed by atoms with E-state index in [4.69, 9.17) is 0 Å². The smallest absolute Gasteiger partial charge is 0.224 e. The summed E-state index contributed by atoms with van der Waals surface area (Å²) in [5.74, 6) is 0.642. The van der Waals surface area contributed by atoms with Gasteiger partial charge in [0.15, 0.2) is 0 Å². The van der Waals surface area contributed by atoms with Crippen molar-refractivity contribution in [3.05, 3.63) is 53.7 Å². The summed E-state index contributed by atoms with van der Waals surface area (Å²) in [6.45, 7) is 0.217. The zero-order valence-electron chi connectivity index (χ0n) is 12.0. The minimum absolute atomic E-state index is 0.0000442. The molecular formula is C15H17FN4O.